The second-order valence-electron chi connectivity index (χ2n) is 5.40. The number of hydrogen-bond donors (Lipinski definition) is 0. The molecule has 0 amide bonds. The molecule has 0 aliphatic heterocycles. The second kappa shape index (κ2) is 5.53. The van der Waals surface area contributed by atoms with Crippen LogP contribution in [0.5, 0.6) is 17.2 Å². The standard InChI is InChI=1S/C19H16N2O3/c1-22-15-8-13-11-6-4-5-7-12(11)14-9-20-10-21-17(14)16(13)19(24-3)18(15)23-2/h4-10H,1-3H3. The van der Waals surface area contributed by atoms with Crippen molar-refractivity contribution in [3.8, 4) is 17.2 Å². The van der Waals surface area contributed by atoms with E-state index < -0.39 is 0 Å². The number of rotatable bonds is 3. The number of aromatic nitrogens is 2. The molecule has 120 valence electrons. The molecule has 5 nitrogen and oxygen atoms in total. The normalized spacial score (nSPS) is 11.1. The predicted octanol–water partition coefficient (Wildman–Crippen LogP) is 3.96. The molecule has 1 aromatic heterocycles. The molecule has 0 N–H and O–H groups in total. The van der Waals surface area contributed by atoms with E-state index in [1.807, 2.05) is 24.4 Å². The maximum atomic E-state index is 5.68. The Labute approximate surface area is 138 Å². The molecule has 0 fully saturated rings. The Morgan fingerprint density at radius 3 is 2.17 bits per heavy atom. The monoisotopic (exact) mass is 320 g/mol. The summed E-state index contributed by atoms with van der Waals surface area (Å²) in [7, 11) is 4.85. The van der Waals surface area contributed by atoms with Gasteiger partial charge in [-0.15, -0.1) is 0 Å². The van der Waals surface area contributed by atoms with Crippen molar-refractivity contribution in [1.29, 1.82) is 0 Å². The van der Waals surface area contributed by atoms with Crippen LogP contribution < -0.4 is 14.2 Å². The summed E-state index contributed by atoms with van der Waals surface area (Å²) < 4.78 is 16.7. The lowest BCUT2D eigenvalue weighted by molar-refractivity contribution is 0.327. The summed E-state index contributed by atoms with van der Waals surface area (Å²) in [5, 5.41) is 5.06. The maximum Gasteiger partial charge on any atom is 0.204 e. The van der Waals surface area contributed by atoms with Crippen LogP contribution in [0.25, 0.3) is 32.4 Å². The molecule has 0 aliphatic carbocycles. The fourth-order valence-electron chi connectivity index (χ4n) is 3.28. The van der Waals surface area contributed by atoms with E-state index in [-0.39, 0.29) is 0 Å². The van der Waals surface area contributed by atoms with Crippen molar-refractivity contribution in [1.82, 2.24) is 9.97 Å². The summed E-state index contributed by atoms with van der Waals surface area (Å²) in [5.74, 6) is 1.80. The molecule has 4 aromatic rings. The van der Waals surface area contributed by atoms with Gasteiger partial charge in [-0.25, -0.2) is 9.97 Å². The van der Waals surface area contributed by atoms with E-state index >= 15 is 0 Å². The first kappa shape index (κ1) is 14.5. The highest BCUT2D eigenvalue weighted by atomic mass is 16.5. The molecule has 24 heavy (non-hydrogen) atoms. The van der Waals surface area contributed by atoms with Crippen molar-refractivity contribution in [3.05, 3.63) is 42.9 Å². The topological polar surface area (TPSA) is 53.5 Å². The van der Waals surface area contributed by atoms with Crippen molar-refractivity contribution < 1.29 is 14.2 Å². The van der Waals surface area contributed by atoms with Gasteiger partial charge in [0.2, 0.25) is 5.75 Å². The third-order valence-electron chi connectivity index (χ3n) is 4.29. The minimum atomic E-state index is 0.558. The van der Waals surface area contributed by atoms with Crippen LogP contribution in [0.15, 0.2) is 42.9 Å². The van der Waals surface area contributed by atoms with Crippen LogP contribution >= 0.6 is 0 Å². The summed E-state index contributed by atoms with van der Waals surface area (Å²) in [5.41, 5.74) is 0.830. The van der Waals surface area contributed by atoms with Crippen LogP contribution in [0.3, 0.4) is 0 Å². The molecular weight excluding hydrogens is 304 g/mol. The molecule has 3 aromatic carbocycles. The van der Waals surface area contributed by atoms with Gasteiger partial charge in [-0.1, -0.05) is 24.3 Å². The van der Waals surface area contributed by atoms with Gasteiger partial charge in [0.25, 0.3) is 0 Å². The molecule has 0 saturated carbocycles. The van der Waals surface area contributed by atoms with Crippen molar-refractivity contribution in [2.45, 2.75) is 0 Å². The lowest BCUT2D eigenvalue weighted by atomic mass is 9.96. The number of ether oxygens (including phenoxy) is 3. The first-order valence-corrected chi connectivity index (χ1v) is 7.53. The van der Waals surface area contributed by atoms with E-state index in [0.29, 0.717) is 17.2 Å². The Balaban J connectivity index is 2.38. The fraction of sp³-hybridized carbons (Fsp3) is 0.158. The summed E-state index contributed by atoms with van der Waals surface area (Å²) in [4.78, 5) is 8.71. The highest BCUT2D eigenvalue weighted by Crippen LogP contribution is 2.47. The highest BCUT2D eigenvalue weighted by molar-refractivity contribution is 6.26. The van der Waals surface area contributed by atoms with E-state index in [9.17, 15) is 0 Å². The number of benzene rings is 3. The van der Waals surface area contributed by atoms with Gasteiger partial charge in [-0.3, -0.25) is 0 Å². The van der Waals surface area contributed by atoms with Crippen LogP contribution in [0.4, 0.5) is 0 Å². The Morgan fingerprint density at radius 1 is 0.792 bits per heavy atom. The molecule has 5 heteroatoms. The Kier molecular flexibility index (Phi) is 3.34. The first-order valence-electron chi connectivity index (χ1n) is 7.53. The van der Waals surface area contributed by atoms with Crippen molar-refractivity contribution in [2.24, 2.45) is 0 Å². The third kappa shape index (κ3) is 1.88. The number of methoxy groups -OCH3 is 3. The zero-order valence-corrected chi connectivity index (χ0v) is 13.7. The van der Waals surface area contributed by atoms with Crippen molar-refractivity contribution >= 4 is 32.4 Å². The van der Waals surface area contributed by atoms with E-state index in [1.54, 1.807) is 27.7 Å². The van der Waals surface area contributed by atoms with Gasteiger partial charge in [-0.05, 0) is 22.2 Å². The van der Waals surface area contributed by atoms with Crippen molar-refractivity contribution in [3.63, 3.8) is 0 Å². The molecular formula is C19H16N2O3. The van der Waals surface area contributed by atoms with Gasteiger partial charge in [-0.2, -0.15) is 0 Å². The molecule has 0 spiro atoms. The Hall–Kier alpha value is -3.08. The van der Waals surface area contributed by atoms with Gasteiger partial charge in [0.1, 0.15) is 6.33 Å². The molecule has 1 heterocycles. The second-order valence-corrected chi connectivity index (χ2v) is 5.40. The minimum Gasteiger partial charge on any atom is -0.493 e. The smallest absolute Gasteiger partial charge is 0.204 e. The van der Waals surface area contributed by atoms with Gasteiger partial charge in [0.15, 0.2) is 11.5 Å². The first-order chi connectivity index (χ1) is 11.8. The zero-order valence-electron chi connectivity index (χ0n) is 13.7. The minimum absolute atomic E-state index is 0.558. The predicted molar refractivity (Wildman–Crippen MR) is 94.2 cm³/mol. The third-order valence-corrected chi connectivity index (χ3v) is 4.29. The lowest BCUT2D eigenvalue weighted by Gasteiger charge is -2.17. The largest absolute Gasteiger partial charge is 0.493 e. The van der Waals surface area contributed by atoms with Gasteiger partial charge in [0, 0.05) is 11.6 Å². The van der Waals surface area contributed by atoms with Gasteiger partial charge < -0.3 is 14.2 Å². The molecule has 0 unspecified atom stereocenters. The van der Waals surface area contributed by atoms with Crippen LogP contribution in [-0.4, -0.2) is 31.3 Å². The molecule has 0 aliphatic rings. The Bertz CT molecular complexity index is 1080. The molecule has 0 bridgehead atoms. The highest BCUT2D eigenvalue weighted by Gasteiger charge is 2.21. The molecule has 4 rings (SSSR count). The molecule has 0 atom stereocenters. The molecule has 0 saturated heterocycles. The van der Waals surface area contributed by atoms with E-state index in [4.69, 9.17) is 14.2 Å². The SMILES string of the molecule is COc1cc2c3ccccc3c3cncnc3c2c(OC)c1OC. The van der Waals surface area contributed by atoms with Crippen LogP contribution in [0.2, 0.25) is 0 Å². The van der Waals surface area contributed by atoms with E-state index in [1.165, 1.54) is 0 Å². The summed E-state index contributed by atoms with van der Waals surface area (Å²) >= 11 is 0. The van der Waals surface area contributed by atoms with E-state index in [2.05, 4.69) is 22.1 Å². The summed E-state index contributed by atoms with van der Waals surface area (Å²) in [6.07, 6.45) is 3.38. The average Bonchev–Trinajstić information content (AvgIpc) is 2.66. The van der Waals surface area contributed by atoms with Crippen LogP contribution in [0, 0.1) is 0 Å². The number of hydrogen-bond acceptors (Lipinski definition) is 5. The van der Waals surface area contributed by atoms with E-state index in [0.717, 1.165) is 32.4 Å². The quantitative estimate of drug-likeness (QED) is 0.535. The lowest BCUT2D eigenvalue weighted by Crippen LogP contribution is -1.97. The fourth-order valence-corrected chi connectivity index (χ4v) is 3.28. The Morgan fingerprint density at radius 2 is 1.50 bits per heavy atom. The summed E-state index contributed by atoms with van der Waals surface area (Å²) in [6, 6.07) is 10.2. The van der Waals surface area contributed by atoms with Crippen molar-refractivity contribution in [2.75, 3.05) is 21.3 Å². The number of nitrogens with zero attached hydrogens (tertiary/aromatic N) is 2. The van der Waals surface area contributed by atoms with Crippen LogP contribution in [0.1, 0.15) is 0 Å². The van der Waals surface area contributed by atoms with Gasteiger partial charge >= 0.3 is 0 Å². The number of fused-ring (bicyclic) bond motifs is 6. The average molecular weight is 320 g/mol. The zero-order chi connectivity index (χ0) is 16.7. The maximum absolute atomic E-state index is 5.68. The summed E-state index contributed by atoms with van der Waals surface area (Å²) in [6.45, 7) is 0. The molecule has 0 radical (unpaired) electrons. The van der Waals surface area contributed by atoms with Gasteiger partial charge in [0.05, 0.1) is 32.2 Å². The van der Waals surface area contributed by atoms with Crippen LogP contribution in [-0.2, 0) is 0 Å².